The summed E-state index contributed by atoms with van der Waals surface area (Å²) in [5.74, 6) is -6.45. The molecule has 608 valence electrons. The molecule has 0 unspecified atom stereocenters. The average Bonchev–Trinajstić information content (AvgIpc) is 1.74. The van der Waals surface area contributed by atoms with Crippen molar-refractivity contribution in [3.05, 3.63) is 0 Å². The van der Waals surface area contributed by atoms with Gasteiger partial charge in [0.05, 0.1) is 70.4 Å². The van der Waals surface area contributed by atoms with E-state index in [1.54, 1.807) is 86.4 Å². The van der Waals surface area contributed by atoms with Crippen LogP contribution < -0.4 is 76.1 Å². The van der Waals surface area contributed by atoms with Crippen LogP contribution in [0.2, 0.25) is 0 Å². The highest BCUT2D eigenvalue weighted by molar-refractivity contribution is 8.93. The summed E-state index contributed by atoms with van der Waals surface area (Å²) in [7, 11) is 17.7. The summed E-state index contributed by atoms with van der Waals surface area (Å²) in [4.78, 5) is 199. The Morgan fingerprint density at radius 1 is 0.308 bits per heavy atom. The van der Waals surface area contributed by atoms with Gasteiger partial charge in [0.2, 0.25) is 70.9 Å². The summed E-state index contributed by atoms with van der Waals surface area (Å²) >= 11 is 0. The first-order valence-electron chi connectivity index (χ1n) is 34.7. The predicted molar refractivity (Wildman–Crippen MR) is 416 cm³/mol. The number of nitrogens with two attached hydrogens (primary N) is 4. The third-order valence-electron chi connectivity index (χ3n) is 16.3. The van der Waals surface area contributed by atoms with Gasteiger partial charge in [0.25, 0.3) is 0 Å². The number of nitrogens with one attached hydrogen (secondary N) is 10. The third-order valence-corrected chi connectivity index (χ3v) is 25.6. The molecule has 4 saturated heterocycles. The predicted octanol–water partition coefficient (Wildman–Crippen LogP) is 2.22. The Labute approximate surface area is 655 Å². The average molecular weight is 1670 g/mol. The van der Waals surface area contributed by atoms with Crippen molar-refractivity contribution in [3.8, 4) is 0 Å². The molecule has 107 heavy (non-hydrogen) atoms. The highest BCUT2D eigenvalue weighted by Crippen LogP contribution is 2.60. The Morgan fingerprint density at radius 3 is 0.748 bits per heavy atom. The van der Waals surface area contributed by atoms with Crippen molar-refractivity contribution in [1.82, 2.24) is 63.0 Å². The van der Waals surface area contributed by atoms with E-state index in [1.165, 1.54) is 14.2 Å². The second kappa shape index (κ2) is 55.8. The van der Waals surface area contributed by atoms with Gasteiger partial charge in [-0.25, -0.2) is 19.2 Å². The first-order valence-corrected chi connectivity index (χ1v) is 43.8. The van der Waals surface area contributed by atoms with Crippen LogP contribution in [0.3, 0.4) is 0 Å². The second-order valence-electron chi connectivity index (χ2n) is 24.4. The Hall–Kier alpha value is -6.48. The lowest BCUT2D eigenvalue weighted by atomic mass is 10.0. The van der Waals surface area contributed by atoms with Crippen molar-refractivity contribution in [2.24, 2.45) is 46.6 Å². The molecule has 0 bridgehead atoms. The first kappa shape index (κ1) is 96.6. The molecule has 0 aromatic heterocycles. The Bertz CT molecular complexity index is 2600. The van der Waals surface area contributed by atoms with Crippen LogP contribution in [0, 0.1) is 23.7 Å². The van der Waals surface area contributed by atoms with Crippen LogP contribution in [0.5, 0.6) is 0 Å². The number of hydrogen-bond donors (Lipinski definition) is 14. The minimum absolute atomic E-state index is 0. The van der Waals surface area contributed by atoms with Crippen LogP contribution in [0.15, 0.2) is 0 Å². The molecule has 44 heteroatoms. The largest absolute Gasteiger partial charge is 0.453 e. The number of methoxy groups -OCH3 is 4. The molecule has 18 N–H and O–H groups in total. The normalized spacial score (nSPS) is 15.0. The summed E-state index contributed by atoms with van der Waals surface area (Å²) < 4.78 is 19.0. The Balaban J connectivity index is 0.000000720. The van der Waals surface area contributed by atoms with Gasteiger partial charge in [-0.3, -0.25) is 57.5 Å². The van der Waals surface area contributed by atoms with E-state index < -0.39 is 110 Å². The van der Waals surface area contributed by atoms with Gasteiger partial charge >= 0.3 is 24.4 Å². The quantitative estimate of drug-likeness (QED) is 0.0180. The van der Waals surface area contributed by atoms with Crippen LogP contribution >= 0.6 is 86.4 Å². The smallest absolute Gasteiger partial charge is 0.407 e. The molecule has 4 fully saturated rings. The highest BCUT2D eigenvalue weighted by Gasteiger charge is 2.40. The van der Waals surface area contributed by atoms with Crippen LogP contribution in [0.4, 0.5) is 19.2 Å². The molecular weight excluding hydrogens is 1560 g/mol. The SMILES string of the molecule is C.COC(=O)NCCCC[C@H](NC(=O)OC)C(=O)NCCC(=O)N(CC(=O)NCCCC[C@@H](C(N)=O)C1SS1)CC(=O)NCCCC[C@@H](C(N)=O)C1SS1.COC(=O)NCCCC[C@H](NC(=O)OC)C(=O)NCCC(=O)N(CC(=O)NCCCC[C@@H](C(N)=O)C1SS1)CC(=O)NCCCC[C@@H](C(N)=O)C1SS1. The van der Waals surface area contributed by atoms with E-state index in [0.717, 1.165) is 24.0 Å². The molecule has 4 aliphatic heterocycles. The molecule has 16 amide bonds. The maximum Gasteiger partial charge on any atom is 0.407 e. The number of primary amides is 4. The van der Waals surface area contributed by atoms with Gasteiger partial charge < -0.3 is 105 Å². The molecule has 0 saturated carbocycles. The molecule has 4 heterocycles. The second-order valence-corrected chi connectivity index (χ2v) is 35.9. The van der Waals surface area contributed by atoms with Gasteiger partial charge in [-0.1, -0.05) is 119 Å². The summed E-state index contributed by atoms with van der Waals surface area (Å²) in [6.45, 7) is -0.0730. The number of carbonyl (C=O) groups excluding carboxylic acids is 16. The Kier molecular flexibility index (Phi) is 50.4. The monoisotopic (exact) mass is 1660 g/mol. The van der Waals surface area contributed by atoms with Gasteiger partial charge in [0.15, 0.2) is 0 Å². The summed E-state index contributed by atoms with van der Waals surface area (Å²) in [6, 6.07) is -1.97. The van der Waals surface area contributed by atoms with Crippen molar-refractivity contribution < 1.29 is 95.7 Å². The third kappa shape index (κ3) is 44.7. The molecule has 0 aliphatic carbocycles. The van der Waals surface area contributed by atoms with Gasteiger partial charge in [-0.05, 0) is 89.9 Å². The fourth-order valence-corrected chi connectivity index (χ4v) is 17.6. The summed E-state index contributed by atoms with van der Waals surface area (Å²) in [6.07, 6.45) is 6.54. The van der Waals surface area contributed by atoms with E-state index >= 15 is 0 Å². The van der Waals surface area contributed by atoms with Crippen molar-refractivity contribution in [1.29, 1.82) is 0 Å². The van der Waals surface area contributed by atoms with E-state index in [1.807, 2.05) is 0 Å². The molecular formula is C63H108N16O20S8. The lowest BCUT2D eigenvalue weighted by molar-refractivity contribution is -0.139. The molecule has 0 aromatic carbocycles. The van der Waals surface area contributed by atoms with E-state index in [2.05, 4.69) is 72.1 Å². The number of rotatable bonds is 56. The van der Waals surface area contributed by atoms with Gasteiger partial charge in [-0.2, -0.15) is 0 Å². The summed E-state index contributed by atoms with van der Waals surface area (Å²) in [5, 5.41) is 26.2. The zero-order valence-corrected chi connectivity index (χ0v) is 66.6. The maximum absolute atomic E-state index is 13.3. The molecule has 36 nitrogen and oxygen atoms in total. The lowest BCUT2D eigenvalue weighted by Crippen LogP contribution is -2.49. The highest BCUT2D eigenvalue weighted by atomic mass is 33.2. The number of ether oxygens (including phenoxy) is 4. The number of alkyl carbamates (subject to hydrolysis) is 4. The van der Waals surface area contributed by atoms with Crippen molar-refractivity contribution in [2.45, 2.75) is 166 Å². The number of unbranched alkanes of at least 4 members (excludes halogenated alkanes) is 6. The zero-order chi connectivity index (χ0) is 78.3. The van der Waals surface area contributed by atoms with Crippen molar-refractivity contribution in [3.63, 3.8) is 0 Å². The lowest BCUT2D eigenvalue weighted by Gasteiger charge is -2.23. The minimum Gasteiger partial charge on any atom is -0.453 e. The van der Waals surface area contributed by atoms with Crippen LogP contribution in [-0.2, 0) is 76.5 Å². The van der Waals surface area contributed by atoms with E-state index in [9.17, 15) is 76.7 Å². The topological polar surface area (TPSA) is 541 Å². The molecule has 0 radical (unpaired) electrons. The van der Waals surface area contributed by atoms with E-state index in [0.29, 0.717) is 142 Å². The van der Waals surface area contributed by atoms with Crippen molar-refractivity contribution in [2.75, 3.05) is 107 Å². The van der Waals surface area contributed by atoms with Gasteiger partial charge in [-0.15, -0.1) is 0 Å². The zero-order valence-electron chi connectivity index (χ0n) is 60.0. The fourth-order valence-electron chi connectivity index (χ4n) is 10.1. The van der Waals surface area contributed by atoms with E-state index in [-0.39, 0.29) is 112 Å². The molecule has 4 rings (SSSR count). The molecule has 4 aliphatic rings. The summed E-state index contributed by atoms with van der Waals surface area (Å²) in [5.41, 5.74) is 22.0. The minimum atomic E-state index is -0.983. The first-order chi connectivity index (χ1) is 50.7. The number of hydrogen-bond acceptors (Lipinski definition) is 28. The number of nitrogens with zero attached hydrogens (tertiary/aromatic N) is 2. The fraction of sp³-hybridized carbons (Fsp3) is 0.746. The Morgan fingerprint density at radius 2 is 0.533 bits per heavy atom. The van der Waals surface area contributed by atoms with Crippen LogP contribution in [-0.4, -0.2) is 242 Å². The molecule has 0 aromatic rings. The maximum atomic E-state index is 13.3. The standard InChI is InChI=1S/2C31H52N8O10S4.CH4/c2*1-48-30(46)37-15-8-5-11-21(38-31(47)49-2)27(45)36-16-12-24(42)39(17-22(40)34-13-6-3-9-19(25(32)43)28-50-51-28)18-23(41)35-14-7-4-10-20(26(33)44)29-52-53-29;/h2*19-21,28-29H,3-18H2,1-2H3,(H2,32,43)(H2,33,44)(H,34,40)(H,35,41)(H,36,45)(H,37,46)(H,38,47);1H4/t2*19-,20-,21-;/m00./s1. The van der Waals surface area contributed by atoms with Crippen LogP contribution in [0.1, 0.15) is 136 Å². The van der Waals surface area contributed by atoms with Gasteiger partial charge in [0.1, 0.15) is 38.3 Å². The molecule has 0 spiro atoms. The molecule has 6 atom stereocenters. The van der Waals surface area contributed by atoms with E-state index in [4.69, 9.17) is 22.9 Å². The van der Waals surface area contributed by atoms with Crippen molar-refractivity contribution >= 4 is 182 Å². The van der Waals surface area contributed by atoms with Gasteiger partial charge in [0, 0.05) is 65.2 Å². The number of amides is 16. The van der Waals surface area contributed by atoms with Crippen LogP contribution in [0.25, 0.3) is 0 Å². The number of carbonyl (C=O) groups is 16.